The molecule has 1 atom stereocenters. The van der Waals surface area contributed by atoms with Gasteiger partial charge in [-0.25, -0.2) is 0 Å². The highest BCUT2D eigenvalue weighted by Gasteiger charge is 2.52. The van der Waals surface area contributed by atoms with Gasteiger partial charge in [0.25, 0.3) is 0 Å². The molecule has 4 aliphatic rings. The number of fused-ring (bicyclic) bond motifs is 18. The monoisotopic (exact) mass is 886 g/mol. The molecule has 1 spiro atoms. The van der Waals surface area contributed by atoms with Crippen LogP contribution in [0.1, 0.15) is 58.4 Å². The summed E-state index contributed by atoms with van der Waals surface area (Å²) in [6.07, 6.45) is 0.998. The Morgan fingerprint density at radius 2 is 1.03 bits per heavy atom. The van der Waals surface area contributed by atoms with Crippen molar-refractivity contribution in [1.29, 1.82) is 0 Å². The predicted octanol–water partition coefficient (Wildman–Crippen LogP) is 16.6. The average molecular weight is 887 g/mol. The Balaban J connectivity index is 0.00000437. The molecule has 68 heavy (non-hydrogen) atoms. The standard InChI is InChI=1S/C65H44N2.H2S/c1-64(2)53-21-8-5-17-47(53)48-36-35-45(39-58(48)64)66(44-33-31-40(32-34-44)41-29-30-43-37-42-15-3-4-16-46(42)52(43)38-41)61-28-14-24-56-62(61)51-19-6-9-22-54(51)65(56)55-23-10-12-27-60(55)67-59-26-11-7-18-49(59)50-20-13-25-57(65)63(50)67;/h3-36,38-39H,37H2,1-2H3;1H2. The molecular weight excluding hydrogens is 841 g/mol. The van der Waals surface area contributed by atoms with Crippen molar-refractivity contribution in [2.24, 2.45) is 0 Å². The van der Waals surface area contributed by atoms with E-state index in [1.165, 1.54) is 122 Å². The van der Waals surface area contributed by atoms with Gasteiger partial charge in [-0.05, 0) is 138 Å². The lowest BCUT2D eigenvalue weighted by Crippen LogP contribution is -2.33. The van der Waals surface area contributed by atoms with E-state index in [4.69, 9.17) is 0 Å². The van der Waals surface area contributed by atoms with Gasteiger partial charge in [0.1, 0.15) is 0 Å². The molecule has 11 aromatic rings. The maximum absolute atomic E-state index is 2.54. The topological polar surface area (TPSA) is 8.17 Å². The Labute approximate surface area is 403 Å². The predicted molar refractivity (Wildman–Crippen MR) is 288 cm³/mol. The van der Waals surface area contributed by atoms with E-state index in [-0.39, 0.29) is 18.9 Å². The first-order valence-corrected chi connectivity index (χ1v) is 23.7. The van der Waals surface area contributed by atoms with Gasteiger partial charge in [-0.2, -0.15) is 13.5 Å². The molecule has 1 unspecified atom stereocenters. The molecule has 0 fully saturated rings. The number of aromatic nitrogens is 1. The minimum atomic E-state index is -0.550. The van der Waals surface area contributed by atoms with Gasteiger partial charge in [-0.1, -0.05) is 184 Å². The summed E-state index contributed by atoms with van der Waals surface area (Å²) in [6.45, 7) is 4.77. The lowest BCUT2D eigenvalue weighted by atomic mass is 9.65. The summed E-state index contributed by atoms with van der Waals surface area (Å²) in [7, 11) is 0. The number of para-hydroxylation sites is 3. The molecule has 1 aromatic heterocycles. The second kappa shape index (κ2) is 14.1. The molecular formula is C65H46N2S. The van der Waals surface area contributed by atoms with Crippen LogP contribution in [0.15, 0.2) is 218 Å². The molecule has 0 saturated heterocycles. The Morgan fingerprint density at radius 3 is 1.90 bits per heavy atom. The third kappa shape index (κ3) is 4.99. The second-order valence-corrected chi connectivity index (χ2v) is 19.6. The largest absolute Gasteiger partial charge is 0.310 e. The summed E-state index contributed by atoms with van der Waals surface area (Å²) in [4.78, 5) is 2.54. The van der Waals surface area contributed by atoms with Gasteiger partial charge >= 0.3 is 0 Å². The van der Waals surface area contributed by atoms with Gasteiger partial charge < -0.3 is 9.47 Å². The highest BCUT2D eigenvalue weighted by Crippen LogP contribution is 2.63. The minimum Gasteiger partial charge on any atom is -0.310 e. The highest BCUT2D eigenvalue weighted by molar-refractivity contribution is 7.59. The molecule has 0 N–H and O–H groups in total. The molecule has 3 heteroatoms. The molecule has 2 nitrogen and oxygen atoms in total. The molecule has 1 aliphatic heterocycles. The fourth-order valence-corrected chi connectivity index (χ4v) is 13.1. The van der Waals surface area contributed by atoms with Gasteiger partial charge in [0.05, 0.1) is 27.8 Å². The van der Waals surface area contributed by atoms with Crippen LogP contribution in [0.5, 0.6) is 0 Å². The summed E-state index contributed by atoms with van der Waals surface area (Å²) < 4.78 is 2.53. The van der Waals surface area contributed by atoms with Crippen molar-refractivity contribution in [2.75, 3.05) is 4.90 Å². The number of hydrogen-bond donors (Lipinski definition) is 0. The van der Waals surface area contributed by atoms with Crippen LogP contribution in [0.2, 0.25) is 0 Å². The molecule has 10 aromatic carbocycles. The molecule has 0 radical (unpaired) electrons. The van der Waals surface area contributed by atoms with E-state index in [1.807, 2.05) is 0 Å². The van der Waals surface area contributed by atoms with Crippen molar-refractivity contribution in [3.05, 3.63) is 263 Å². The summed E-state index contributed by atoms with van der Waals surface area (Å²) in [5, 5.41) is 2.58. The van der Waals surface area contributed by atoms with Crippen LogP contribution in [0, 0.1) is 0 Å². The van der Waals surface area contributed by atoms with Crippen LogP contribution < -0.4 is 4.90 Å². The molecule has 2 heterocycles. The lowest BCUT2D eigenvalue weighted by Gasteiger charge is -2.39. The van der Waals surface area contributed by atoms with E-state index in [9.17, 15) is 0 Å². The average Bonchev–Trinajstić information content (AvgIpc) is 4.08. The van der Waals surface area contributed by atoms with E-state index in [0.29, 0.717) is 0 Å². The number of benzene rings is 10. The third-order valence-corrected chi connectivity index (χ3v) is 16.0. The Morgan fingerprint density at radius 1 is 0.412 bits per heavy atom. The molecule has 0 bridgehead atoms. The third-order valence-electron chi connectivity index (χ3n) is 16.0. The van der Waals surface area contributed by atoms with E-state index < -0.39 is 5.41 Å². The van der Waals surface area contributed by atoms with E-state index in [1.54, 1.807) is 0 Å². The van der Waals surface area contributed by atoms with Crippen LogP contribution in [-0.2, 0) is 17.3 Å². The Hall–Kier alpha value is -7.85. The van der Waals surface area contributed by atoms with Crippen LogP contribution in [0.4, 0.5) is 17.1 Å². The van der Waals surface area contributed by atoms with E-state index >= 15 is 0 Å². The van der Waals surface area contributed by atoms with Gasteiger partial charge in [0.2, 0.25) is 0 Å². The quantitative estimate of drug-likeness (QED) is 0.171. The summed E-state index contributed by atoms with van der Waals surface area (Å²) in [5.41, 5.74) is 27.7. The van der Waals surface area contributed by atoms with Crippen molar-refractivity contribution in [2.45, 2.75) is 31.1 Å². The zero-order valence-electron chi connectivity index (χ0n) is 37.9. The fraction of sp³-hybridized carbons (Fsp3) is 0.0769. The summed E-state index contributed by atoms with van der Waals surface area (Å²) >= 11 is 0. The Kier molecular flexibility index (Phi) is 8.15. The van der Waals surface area contributed by atoms with Crippen LogP contribution in [0.25, 0.3) is 72.0 Å². The summed E-state index contributed by atoms with van der Waals surface area (Å²) in [5.74, 6) is 0. The Bertz CT molecular complexity index is 3950. The molecule has 15 rings (SSSR count). The van der Waals surface area contributed by atoms with Gasteiger partial charge in [0.15, 0.2) is 0 Å². The zero-order valence-corrected chi connectivity index (χ0v) is 38.9. The number of nitrogens with zero attached hydrogens (tertiary/aromatic N) is 2. The van der Waals surface area contributed by atoms with Crippen LogP contribution in [-0.4, -0.2) is 4.57 Å². The van der Waals surface area contributed by atoms with Gasteiger partial charge in [-0.15, -0.1) is 0 Å². The number of anilines is 3. The van der Waals surface area contributed by atoms with Crippen molar-refractivity contribution >= 4 is 52.4 Å². The maximum atomic E-state index is 2.54. The van der Waals surface area contributed by atoms with Crippen molar-refractivity contribution < 1.29 is 0 Å². The molecule has 0 saturated carbocycles. The van der Waals surface area contributed by atoms with Gasteiger partial charge in [0, 0.05) is 33.1 Å². The SMILES string of the molecule is CC1(C)c2ccccc2-c2ccc(N(c3ccc(-c4ccc5c(c4)-c4ccccc4C5)cc3)c3cccc4c3-c3ccccc3C43c4ccccc4-n4c5ccccc5c5cccc3c54)cc21.S. The fourth-order valence-electron chi connectivity index (χ4n) is 13.1. The highest BCUT2D eigenvalue weighted by atomic mass is 32.1. The molecule has 3 aliphatic carbocycles. The van der Waals surface area contributed by atoms with Crippen molar-refractivity contribution in [3.63, 3.8) is 0 Å². The van der Waals surface area contributed by atoms with E-state index in [2.05, 4.69) is 242 Å². The van der Waals surface area contributed by atoms with E-state index in [0.717, 1.165) is 17.8 Å². The van der Waals surface area contributed by atoms with Crippen LogP contribution in [0.3, 0.4) is 0 Å². The first-order valence-electron chi connectivity index (χ1n) is 23.7. The number of hydrogen-bond acceptors (Lipinski definition) is 1. The molecule has 322 valence electrons. The molecule has 0 amide bonds. The minimum absolute atomic E-state index is 0. The maximum Gasteiger partial charge on any atom is 0.0755 e. The lowest BCUT2D eigenvalue weighted by molar-refractivity contribution is 0.660. The normalized spacial score (nSPS) is 15.8. The first-order chi connectivity index (χ1) is 33.0. The smallest absolute Gasteiger partial charge is 0.0755 e. The van der Waals surface area contributed by atoms with Crippen molar-refractivity contribution in [1.82, 2.24) is 4.57 Å². The summed E-state index contributed by atoms with van der Waals surface area (Å²) in [6, 6.07) is 82.8. The number of rotatable bonds is 4. The second-order valence-electron chi connectivity index (χ2n) is 19.6. The van der Waals surface area contributed by atoms with Crippen LogP contribution >= 0.6 is 13.5 Å². The van der Waals surface area contributed by atoms with Crippen molar-refractivity contribution in [3.8, 4) is 50.2 Å². The zero-order chi connectivity index (χ0) is 44.2. The van der Waals surface area contributed by atoms with Gasteiger partial charge in [-0.3, -0.25) is 0 Å². The first kappa shape index (κ1) is 39.3.